The molecular weight excluding hydrogens is 354 g/mol. The van der Waals surface area contributed by atoms with Crippen LogP contribution in [-0.4, -0.2) is 41.0 Å². The number of esters is 1. The fourth-order valence-electron chi connectivity index (χ4n) is 3.07. The van der Waals surface area contributed by atoms with Gasteiger partial charge in [-0.3, -0.25) is 9.69 Å². The Bertz CT molecular complexity index is 1030. The van der Waals surface area contributed by atoms with E-state index in [-0.39, 0.29) is 5.56 Å². The molecule has 3 aromatic rings. The van der Waals surface area contributed by atoms with E-state index in [1.165, 1.54) is 12.7 Å². The fourth-order valence-corrected chi connectivity index (χ4v) is 3.07. The quantitative estimate of drug-likeness (QED) is 0.483. The molecule has 0 atom stereocenters. The van der Waals surface area contributed by atoms with Crippen LogP contribution in [0.3, 0.4) is 0 Å². The number of ether oxygens (including phenoxy) is 1. The number of rotatable bonds is 8. The monoisotopic (exact) mass is 377 g/mol. The van der Waals surface area contributed by atoms with Crippen LogP contribution in [0.1, 0.15) is 21.7 Å². The summed E-state index contributed by atoms with van der Waals surface area (Å²) in [5.41, 5.74) is 1.87. The van der Waals surface area contributed by atoms with Crippen LogP contribution in [0, 0.1) is 0 Å². The van der Waals surface area contributed by atoms with E-state index in [0.29, 0.717) is 35.4 Å². The lowest BCUT2D eigenvalue weighted by Gasteiger charge is -2.20. The van der Waals surface area contributed by atoms with Gasteiger partial charge in [-0.05, 0) is 30.2 Å². The molecule has 1 N–H and O–H groups in total. The second kappa shape index (κ2) is 9.10. The zero-order valence-electron chi connectivity index (χ0n) is 15.9. The third-order valence-corrected chi connectivity index (χ3v) is 4.50. The predicted octanol–water partition coefficient (Wildman–Crippen LogP) is 2.94. The van der Waals surface area contributed by atoms with Crippen molar-refractivity contribution in [2.24, 2.45) is 0 Å². The molecule has 144 valence electrons. The van der Waals surface area contributed by atoms with Gasteiger partial charge in [0.25, 0.3) is 5.56 Å². The lowest BCUT2D eigenvalue weighted by molar-refractivity contribution is 0.0601. The average molecular weight is 377 g/mol. The van der Waals surface area contributed by atoms with Crippen LogP contribution >= 0.6 is 0 Å². The molecule has 0 saturated heterocycles. The van der Waals surface area contributed by atoms with Crippen LogP contribution in [0.25, 0.3) is 10.9 Å². The van der Waals surface area contributed by atoms with Gasteiger partial charge in [-0.2, -0.15) is 0 Å². The highest BCUT2D eigenvalue weighted by molar-refractivity contribution is 5.93. The molecule has 0 radical (unpaired) electrons. The van der Waals surface area contributed by atoms with Gasteiger partial charge in [-0.1, -0.05) is 36.4 Å². The maximum absolute atomic E-state index is 12.4. The van der Waals surface area contributed by atoms with Crippen molar-refractivity contribution in [3.8, 4) is 0 Å². The zero-order chi connectivity index (χ0) is 19.9. The molecule has 0 amide bonds. The molecule has 0 saturated carbocycles. The molecule has 1 aromatic heterocycles. The Morgan fingerprint density at radius 3 is 2.75 bits per heavy atom. The van der Waals surface area contributed by atoms with E-state index in [4.69, 9.17) is 4.74 Å². The number of H-pyrrole nitrogens is 1. The Labute approximate surface area is 163 Å². The summed E-state index contributed by atoms with van der Waals surface area (Å²) in [4.78, 5) is 33.7. The molecule has 6 nitrogen and oxygen atoms in total. The van der Waals surface area contributed by atoms with Gasteiger partial charge in [0.1, 0.15) is 5.82 Å². The smallest absolute Gasteiger partial charge is 0.337 e. The van der Waals surface area contributed by atoms with Crippen LogP contribution in [0.2, 0.25) is 0 Å². The number of carbonyl (C=O) groups is 1. The van der Waals surface area contributed by atoms with Crippen LogP contribution in [-0.2, 0) is 17.7 Å². The molecule has 28 heavy (non-hydrogen) atoms. The molecular formula is C22H23N3O3. The van der Waals surface area contributed by atoms with E-state index in [1.807, 2.05) is 24.3 Å². The van der Waals surface area contributed by atoms with Gasteiger partial charge in [-0.15, -0.1) is 6.58 Å². The molecule has 2 aromatic carbocycles. The summed E-state index contributed by atoms with van der Waals surface area (Å²) in [6, 6.07) is 15.0. The minimum absolute atomic E-state index is 0.224. The number of hydrogen-bond donors (Lipinski definition) is 1. The van der Waals surface area contributed by atoms with Gasteiger partial charge < -0.3 is 9.72 Å². The van der Waals surface area contributed by atoms with E-state index in [1.54, 1.807) is 18.2 Å². The molecule has 0 spiro atoms. The summed E-state index contributed by atoms with van der Waals surface area (Å²) in [5.74, 6) is 0.0936. The number of nitrogens with one attached hydrogen (secondary N) is 1. The molecule has 3 rings (SSSR count). The second-order valence-electron chi connectivity index (χ2n) is 6.50. The topological polar surface area (TPSA) is 75.3 Å². The fraction of sp³-hybridized carbons (Fsp3) is 0.227. The predicted molar refractivity (Wildman–Crippen MR) is 109 cm³/mol. The molecule has 0 aliphatic rings. The first-order valence-electron chi connectivity index (χ1n) is 9.09. The van der Waals surface area contributed by atoms with Crippen molar-refractivity contribution >= 4 is 16.9 Å². The maximum atomic E-state index is 12.4. The normalized spacial score (nSPS) is 10.9. The Kier molecular flexibility index (Phi) is 6.34. The number of fused-ring (bicyclic) bond motifs is 1. The number of nitrogens with zero attached hydrogens (tertiary/aromatic N) is 2. The number of carbonyl (C=O) groups excluding carboxylic acids is 1. The first-order chi connectivity index (χ1) is 13.6. The van der Waals surface area contributed by atoms with Crippen molar-refractivity contribution in [3.05, 3.63) is 88.5 Å². The minimum Gasteiger partial charge on any atom is -0.465 e. The highest BCUT2D eigenvalue weighted by atomic mass is 16.5. The number of methoxy groups -OCH3 is 1. The Hall–Kier alpha value is -3.25. The Morgan fingerprint density at radius 1 is 1.25 bits per heavy atom. The van der Waals surface area contributed by atoms with Crippen LogP contribution in [0.5, 0.6) is 0 Å². The van der Waals surface area contributed by atoms with Crippen molar-refractivity contribution in [1.29, 1.82) is 0 Å². The summed E-state index contributed by atoms with van der Waals surface area (Å²) in [6.45, 7) is 5.78. The lowest BCUT2D eigenvalue weighted by atomic mass is 10.1. The van der Waals surface area contributed by atoms with E-state index in [0.717, 1.165) is 13.0 Å². The van der Waals surface area contributed by atoms with E-state index in [2.05, 4.69) is 33.6 Å². The number of aromatic amines is 1. The van der Waals surface area contributed by atoms with Gasteiger partial charge >= 0.3 is 5.97 Å². The Balaban J connectivity index is 1.82. The molecule has 6 heteroatoms. The Morgan fingerprint density at radius 2 is 2.04 bits per heavy atom. The largest absolute Gasteiger partial charge is 0.465 e. The molecule has 0 aliphatic heterocycles. The number of benzene rings is 2. The van der Waals surface area contributed by atoms with Gasteiger partial charge in [0.05, 0.1) is 30.1 Å². The highest BCUT2D eigenvalue weighted by Gasteiger charge is 2.12. The number of aromatic nitrogens is 2. The van der Waals surface area contributed by atoms with Crippen molar-refractivity contribution in [3.63, 3.8) is 0 Å². The van der Waals surface area contributed by atoms with Gasteiger partial charge in [-0.25, -0.2) is 9.78 Å². The van der Waals surface area contributed by atoms with E-state index < -0.39 is 5.97 Å². The summed E-state index contributed by atoms with van der Waals surface area (Å²) in [7, 11) is 1.32. The molecule has 0 unspecified atom stereocenters. The van der Waals surface area contributed by atoms with E-state index in [9.17, 15) is 9.59 Å². The SMILES string of the molecule is C=CCN(CCc1ccccc1)Cc1nc2cc(C(=O)OC)ccc2c(=O)[nH]1. The summed E-state index contributed by atoms with van der Waals surface area (Å²) in [5, 5.41) is 0.441. The van der Waals surface area contributed by atoms with Crippen molar-refractivity contribution in [1.82, 2.24) is 14.9 Å². The molecule has 0 aliphatic carbocycles. The molecule has 0 bridgehead atoms. The lowest BCUT2D eigenvalue weighted by Crippen LogP contribution is -2.28. The standard InChI is InChI=1S/C22H23N3O3/c1-3-12-25(13-11-16-7-5-4-6-8-16)15-20-23-19-14-17(22(27)28-2)9-10-18(19)21(26)24-20/h3-10,14H,1,11-13,15H2,2H3,(H,23,24,26). The molecule has 0 fully saturated rings. The van der Waals surface area contributed by atoms with Crippen molar-refractivity contribution in [2.45, 2.75) is 13.0 Å². The highest BCUT2D eigenvalue weighted by Crippen LogP contribution is 2.12. The van der Waals surface area contributed by atoms with E-state index >= 15 is 0 Å². The van der Waals surface area contributed by atoms with Crippen molar-refractivity contribution < 1.29 is 9.53 Å². The average Bonchev–Trinajstić information content (AvgIpc) is 2.72. The first kappa shape index (κ1) is 19.5. The minimum atomic E-state index is -0.457. The maximum Gasteiger partial charge on any atom is 0.337 e. The molecule has 1 heterocycles. The second-order valence-corrected chi connectivity index (χ2v) is 6.50. The van der Waals surface area contributed by atoms with Gasteiger partial charge in [0, 0.05) is 13.1 Å². The van der Waals surface area contributed by atoms with Gasteiger partial charge in [0.15, 0.2) is 0 Å². The summed E-state index contributed by atoms with van der Waals surface area (Å²) in [6.07, 6.45) is 2.72. The van der Waals surface area contributed by atoms with Crippen LogP contribution < -0.4 is 5.56 Å². The third kappa shape index (κ3) is 4.72. The van der Waals surface area contributed by atoms with Crippen LogP contribution in [0.15, 0.2) is 66.0 Å². The summed E-state index contributed by atoms with van der Waals surface area (Å²) < 4.78 is 4.74. The third-order valence-electron chi connectivity index (χ3n) is 4.50. The summed E-state index contributed by atoms with van der Waals surface area (Å²) >= 11 is 0. The zero-order valence-corrected chi connectivity index (χ0v) is 15.9. The van der Waals surface area contributed by atoms with Crippen molar-refractivity contribution in [2.75, 3.05) is 20.2 Å². The van der Waals surface area contributed by atoms with Crippen LogP contribution in [0.4, 0.5) is 0 Å². The number of hydrogen-bond acceptors (Lipinski definition) is 5. The van der Waals surface area contributed by atoms with Gasteiger partial charge in [0.2, 0.25) is 0 Å². The first-order valence-corrected chi connectivity index (χ1v) is 9.09.